The number of allylic oxidation sites excluding steroid dienone is 5. The lowest BCUT2D eigenvalue weighted by molar-refractivity contribution is -0.302. The number of ether oxygens (including phenoxy) is 2. The topological polar surface area (TPSA) is 149 Å². The van der Waals surface area contributed by atoms with E-state index in [1.165, 1.54) is 360 Å². The van der Waals surface area contributed by atoms with Crippen LogP contribution in [0.5, 0.6) is 0 Å². The van der Waals surface area contributed by atoms with Gasteiger partial charge in [-0.1, -0.05) is 410 Å². The van der Waals surface area contributed by atoms with Crippen molar-refractivity contribution in [2.75, 3.05) is 13.2 Å². The van der Waals surface area contributed by atoms with Crippen LogP contribution in [0.2, 0.25) is 0 Å². The first kappa shape index (κ1) is 87.4. The van der Waals surface area contributed by atoms with Crippen LogP contribution in [0.1, 0.15) is 425 Å². The van der Waals surface area contributed by atoms with E-state index in [1.54, 1.807) is 6.08 Å². The SMILES string of the molecule is CCCCCCCCCCCCCCCCCCCCCCCCC/C=C/CC/C=C/CC/C=C/C(O)C(COC1OC(CO)C(O)C(O)C1O)NC(=O)CCCCCCCCCCCCCCCCCCCCCCCCCCCCCCCCCCCCC. The van der Waals surface area contributed by atoms with E-state index in [2.05, 4.69) is 43.5 Å². The van der Waals surface area contributed by atoms with Gasteiger partial charge in [0.25, 0.3) is 0 Å². The maximum Gasteiger partial charge on any atom is 0.220 e. The van der Waals surface area contributed by atoms with E-state index in [9.17, 15) is 30.3 Å². The van der Waals surface area contributed by atoms with E-state index in [0.29, 0.717) is 6.42 Å². The van der Waals surface area contributed by atoms with E-state index in [4.69, 9.17) is 9.47 Å². The molecule has 0 aromatic carbocycles. The minimum absolute atomic E-state index is 0.181. The third kappa shape index (κ3) is 59.4. The molecular weight excluding hydrogens is 1130 g/mol. The quantitative estimate of drug-likeness (QED) is 0.0261. The molecule has 1 aliphatic rings. The lowest BCUT2D eigenvalue weighted by Gasteiger charge is -2.40. The molecule has 0 spiro atoms. The van der Waals surface area contributed by atoms with Crippen molar-refractivity contribution in [1.29, 1.82) is 0 Å². The van der Waals surface area contributed by atoms with Crippen LogP contribution in [0.25, 0.3) is 0 Å². The molecule has 0 radical (unpaired) electrons. The number of nitrogens with one attached hydrogen (secondary N) is 1. The molecule has 538 valence electrons. The summed E-state index contributed by atoms with van der Waals surface area (Å²) in [5.74, 6) is -0.181. The Balaban J connectivity index is 2.08. The summed E-state index contributed by atoms with van der Waals surface area (Å²) in [7, 11) is 0. The molecule has 0 aromatic rings. The molecule has 7 atom stereocenters. The maximum absolute atomic E-state index is 13.2. The van der Waals surface area contributed by atoms with Crippen molar-refractivity contribution in [2.45, 2.75) is 468 Å². The molecule has 1 aliphatic heterocycles. The predicted octanol–water partition coefficient (Wildman–Crippen LogP) is 23.3. The van der Waals surface area contributed by atoms with Crippen molar-refractivity contribution in [2.24, 2.45) is 0 Å². The van der Waals surface area contributed by atoms with E-state index in [-0.39, 0.29) is 12.5 Å². The molecule has 91 heavy (non-hydrogen) atoms. The summed E-state index contributed by atoms with van der Waals surface area (Å²) in [6, 6.07) is -0.829. The number of unbranched alkanes of at least 4 members (excludes halogenated alkanes) is 59. The molecule has 1 rings (SSSR count). The van der Waals surface area contributed by atoms with Crippen molar-refractivity contribution < 1.29 is 39.8 Å². The van der Waals surface area contributed by atoms with Crippen molar-refractivity contribution >= 4 is 5.91 Å². The normalized spacial score (nSPS) is 17.8. The van der Waals surface area contributed by atoms with Crippen LogP contribution in [0.15, 0.2) is 36.5 Å². The minimum atomic E-state index is -1.58. The van der Waals surface area contributed by atoms with Crippen LogP contribution in [0.4, 0.5) is 0 Å². The van der Waals surface area contributed by atoms with Gasteiger partial charge < -0.3 is 40.3 Å². The third-order valence-electron chi connectivity index (χ3n) is 19.7. The average Bonchev–Trinajstić information content (AvgIpc) is 1.56. The lowest BCUT2D eigenvalue weighted by Crippen LogP contribution is -2.60. The molecule has 6 N–H and O–H groups in total. The molecule has 1 amide bonds. The zero-order valence-electron chi connectivity index (χ0n) is 60.6. The fourth-order valence-corrected chi connectivity index (χ4v) is 13.4. The number of carbonyl (C=O) groups is 1. The van der Waals surface area contributed by atoms with Gasteiger partial charge in [0.15, 0.2) is 6.29 Å². The lowest BCUT2D eigenvalue weighted by atomic mass is 9.99. The zero-order valence-corrected chi connectivity index (χ0v) is 60.6. The summed E-state index contributed by atoms with van der Waals surface area (Å²) in [6.45, 7) is 3.83. The Hall–Kier alpha value is -1.59. The molecule has 0 aliphatic carbocycles. The molecule has 9 nitrogen and oxygen atoms in total. The third-order valence-corrected chi connectivity index (χ3v) is 19.7. The van der Waals surface area contributed by atoms with Gasteiger partial charge in [0, 0.05) is 6.42 Å². The average molecular weight is 1290 g/mol. The van der Waals surface area contributed by atoms with E-state index in [1.807, 2.05) is 6.08 Å². The zero-order chi connectivity index (χ0) is 65.7. The van der Waals surface area contributed by atoms with Gasteiger partial charge in [0.05, 0.1) is 25.4 Å². The van der Waals surface area contributed by atoms with Crippen LogP contribution < -0.4 is 5.32 Å². The maximum atomic E-state index is 13.2. The van der Waals surface area contributed by atoms with Gasteiger partial charge in [-0.15, -0.1) is 0 Å². The summed E-state index contributed by atoms with van der Waals surface area (Å²) in [5, 5.41) is 54.9. The summed E-state index contributed by atoms with van der Waals surface area (Å²) in [5.41, 5.74) is 0. The van der Waals surface area contributed by atoms with Gasteiger partial charge in [-0.3, -0.25) is 4.79 Å². The second-order valence-corrected chi connectivity index (χ2v) is 28.6. The predicted molar refractivity (Wildman–Crippen MR) is 392 cm³/mol. The highest BCUT2D eigenvalue weighted by molar-refractivity contribution is 5.76. The first-order chi connectivity index (χ1) is 44.8. The Labute approximate surface area is 565 Å². The molecule has 0 bridgehead atoms. The number of hydrogen-bond acceptors (Lipinski definition) is 8. The van der Waals surface area contributed by atoms with Gasteiger partial charge >= 0.3 is 0 Å². The van der Waals surface area contributed by atoms with Crippen molar-refractivity contribution in [3.8, 4) is 0 Å². The van der Waals surface area contributed by atoms with Crippen LogP contribution in [0.3, 0.4) is 0 Å². The van der Waals surface area contributed by atoms with Gasteiger partial charge in [-0.05, 0) is 44.9 Å². The van der Waals surface area contributed by atoms with Crippen molar-refractivity contribution in [3.63, 3.8) is 0 Å². The number of amides is 1. The van der Waals surface area contributed by atoms with Gasteiger partial charge in [-0.25, -0.2) is 0 Å². The summed E-state index contributed by atoms with van der Waals surface area (Å²) >= 11 is 0. The minimum Gasteiger partial charge on any atom is -0.394 e. The van der Waals surface area contributed by atoms with E-state index in [0.717, 1.165) is 44.9 Å². The number of carbonyl (C=O) groups excluding carboxylic acids is 1. The van der Waals surface area contributed by atoms with Crippen LogP contribution in [0, 0.1) is 0 Å². The second-order valence-electron chi connectivity index (χ2n) is 28.6. The Bertz CT molecular complexity index is 1540. The smallest absolute Gasteiger partial charge is 0.220 e. The first-order valence-corrected chi connectivity index (χ1v) is 40.7. The summed E-state index contributed by atoms with van der Waals surface area (Å²) < 4.78 is 11.3. The van der Waals surface area contributed by atoms with Crippen molar-refractivity contribution in [3.05, 3.63) is 36.5 Å². The fourth-order valence-electron chi connectivity index (χ4n) is 13.4. The standard InChI is InChI=1S/C82H157NO8/c1-3-5-7-9-11-13-15-17-19-21-23-25-27-29-31-33-35-37-38-40-42-44-46-48-50-52-54-56-58-60-62-64-66-68-70-72-78(86)83-75(74-90-82-81(89)80(88)79(87)77(73-84)91-82)76(85)71-69-67-65-63-61-59-57-55-53-51-49-47-45-43-41-39-36-34-32-30-28-26-24-22-20-18-16-14-12-10-8-6-4-2/h53,55,61,63,69,71,75-77,79-82,84-85,87-89H,3-52,54,56-60,62,64-68,70,72-74H2,1-2H3,(H,83,86)/b55-53+,63-61+,71-69+. The van der Waals surface area contributed by atoms with Crippen LogP contribution in [-0.4, -0.2) is 87.5 Å². The Morgan fingerprint density at radius 2 is 0.626 bits per heavy atom. The van der Waals surface area contributed by atoms with Gasteiger partial charge in [-0.2, -0.15) is 0 Å². The molecular formula is C82H157NO8. The molecule has 1 fully saturated rings. The number of aliphatic hydroxyl groups excluding tert-OH is 5. The molecule has 9 heteroatoms. The Kier molecular flexibility index (Phi) is 68.4. The summed E-state index contributed by atoms with van der Waals surface area (Å²) in [4.78, 5) is 13.2. The highest BCUT2D eigenvalue weighted by Gasteiger charge is 2.44. The molecule has 0 aromatic heterocycles. The largest absolute Gasteiger partial charge is 0.394 e. The first-order valence-electron chi connectivity index (χ1n) is 40.7. The van der Waals surface area contributed by atoms with Gasteiger partial charge in [0.2, 0.25) is 5.91 Å². The molecule has 7 unspecified atom stereocenters. The van der Waals surface area contributed by atoms with E-state index >= 15 is 0 Å². The molecule has 1 heterocycles. The fraction of sp³-hybridized carbons (Fsp3) is 0.915. The number of aliphatic hydroxyl groups is 5. The van der Waals surface area contributed by atoms with Gasteiger partial charge in [0.1, 0.15) is 24.4 Å². The Morgan fingerprint density at radius 3 is 0.923 bits per heavy atom. The molecule has 0 saturated carbocycles. The second kappa shape index (κ2) is 71.2. The van der Waals surface area contributed by atoms with E-state index < -0.39 is 49.5 Å². The van der Waals surface area contributed by atoms with Crippen LogP contribution >= 0.6 is 0 Å². The highest BCUT2D eigenvalue weighted by Crippen LogP contribution is 2.24. The summed E-state index contributed by atoms with van der Waals surface area (Å²) in [6.07, 6.45) is 90.3. The monoisotopic (exact) mass is 1280 g/mol. The number of hydrogen-bond donors (Lipinski definition) is 6. The molecule has 1 saturated heterocycles. The van der Waals surface area contributed by atoms with Crippen LogP contribution in [-0.2, 0) is 14.3 Å². The highest BCUT2D eigenvalue weighted by atomic mass is 16.7. The van der Waals surface area contributed by atoms with Crippen molar-refractivity contribution in [1.82, 2.24) is 5.32 Å². The number of rotatable bonds is 73. The Morgan fingerprint density at radius 1 is 0.363 bits per heavy atom.